The molecule has 0 saturated heterocycles. The Morgan fingerprint density at radius 3 is 2.09 bits per heavy atom. The van der Waals surface area contributed by atoms with Crippen molar-refractivity contribution in [2.24, 2.45) is 11.8 Å². The van der Waals surface area contributed by atoms with Gasteiger partial charge in [-0.05, 0) is 11.8 Å². The van der Waals surface area contributed by atoms with E-state index in [2.05, 4.69) is 13.8 Å². The standard InChI is InChI=1S/C9H18.C2H6/c1-3-5-8(2)9-6-4-7-9;1-2/h8-9H,3-7H2,1-2H3;1-2H3. The molecule has 0 N–H and O–H groups in total. The predicted molar refractivity (Wildman–Crippen MR) is 52.8 cm³/mol. The molecule has 1 aliphatic carbocycles. The van der Waals surface area contributed by atoms with E-state index in [1.54, 1.807) is 0 Å². The SMILES string of the molecule is CC.CCCC(C)C1CCC1. The maximum absolute atomic E-state index is 2.41. The van der Waals surface area contributed by atoms with Crippen molar-refractivity contribution in [1.82, 2.24) is 0 Å². The molecule has 11 heavy (non-hydrogen) atoms. The molecule has 0 bridgehead atoms. The minimum absolute atomic E-state index is 1.02. The highest BCUT2D eigenvalue weighted by molar-refractivity contribution is 4.74. The summed E-state index contributed by atoms with van der Waals surface area (Å²) in [7, 11) is 0. The van der Waals surface area contributed by atoms with E-state index in [0.717, 1.165) is 11.8 Å². The molecule has 1 fully saturated rings. The summed E-state index contributed by atoms with van der Waals surface area (Å²) in [6, 6.07) is 0. The Morgan fingerprint density at radius 1 is 1.27 bits per heavy atom. The molecule has 0 aromatic rings. The summed E-state index contributed by atoms with van der Waals surface area (Å²) in [5, 5.41) is 0. The van der Waals surface area contributed by atoms with E-state index in [4.69, 9.17) is 0 Å². The lowest BCUT2D eigenvalue weighted by atomic mass is 9.75. The van der Waals surface area contributed by atoms with Crippen LogP contribution in [-0.4, -0.2) is 0 Å². The first-order valence-electron chi connectivity index (χ1n) is 5.34. The van der Waals surface area contributed by atoms with E-state index in [0.29, 0.717) is 0 Å². The van der Waals surface area contributed by atoms with Crippen molar-refractivity contribution in [2.75, 3.05) is 0 Å². The van der Waals surface area contributed by atoms with E-state index < -0.39 is 0 Å². The van der Waals surface area contributed by atoms with Crippen LogP contribution in [0.15, 0.2) is 0 Å². The third-order valence-electron chi connectivity index (χ3n) is 2.70. The van der Waals surface area contributed by atoms with Crippen LogP contribution in [0.3, 0.4) is 0 Å². The Balaban J connectivity index is 0.000000461. The van der Waals surface area contributed by atoms with Gasteiger partial charge in [-0.1, -0.05) is 59.8 Å². The normalized spacial score (nSPS) is 19.6. The first kappa shape index (κ1) is 11.0. The maximum atomic E-state index is 2.41. The molecule has 1 unspecified atom stereocenters. The van der Waals surface area contributed by atoms with Crippen LogP contribution in [0.1, 0.15) is 59.8 Å². The number of rotatable bonds is 3. The van der Waals surface area contributed by atoms with Crippen LogP contribution in [0.2, 0.25) is 0 Å². The van der Waals surface area contributed by atoms with Crippen molar-refractivity contribution >= 4 is 0 Å². The number of hydrogen-bond donors (Lipinski definition) is 0. The molecule has 1 aliphatic rings. The van der Waals surface area contributed by atoms with Crippen LogP contribution in [0, 0.1) is 11.8 Å². The van der Waals surface area contributed by atoms with Crippen molar-refractivity contribution in [3.63, 3.8) is 0 Å². The van der Waals surface area contributed by atoms with Gasteiger partial charge in [0, 0.05) is 0 Å². The first-order chi connectivity index (χ1) is 5.34. The van der Waals surface area contributed by atoms with Gasteiger partial charge in [-0.3, -0.25) is 0 Å². The van der Waals surface area contributed by atoms with E-state index in [1.165, 1.54) is 32.1 Å². The molecule has 1 saturated carbocycles. The molecule has 0 spiro atoms. The highest BCUT2D eigenvalue weighted by Crippen LogP contribution is 2.35. The molecule has 0 nitrogen and oxygen atoms in total. The second-order valence-corrected chi connectivity index (χ2v) is 3.46. The minimum Gasteiger partial charge on any atom is -0.0683 e. The van der Waals surface area contributed by atoms with E-state index in [9.17, 15) is 0 Å². The van der Waals surface area contributed by atoms with Gasteiger partial charge in [0.25, 0.3) is 0 Å². The van der Waals surface area contributed by atoms with Crippen LogP contribution in [0.4, 0.5) is 0 Å². The monoisotopic (exact) mass is 156 g/mol. The largest absolute Gasteiger partial charge is 0.0683 e. The molecular formula is C11H24. The van der Waals surface area contributed by atoms with Crippen LogP contribution >= 0.6 is 0 Å². The fourth-order valence-corrected chi connectivity index (χ4v) is 1.70. The summed E-state index contributed by atoms with van der Waals surface area (Å²) < 4.78 is 0. The minimum atomic E-state index is 1.02. The van der Waals surface area contributed by atoms with Crippen LogP contribution in [-0.2, 0) is 0 Å². The maximum Gasteiger partial charge on any atom is -0.0388 e. The highest BCUT2D eigenvalue weighted by atomic mass is 14.3. The van der Waals surface area contributed by atoms with Crippen molar-refractivity contribution < 1.29 is 0 Å². The van der Waals surface area contributed by atoms with Crippen molar-refractivity contribution in [3.8, 4) is 0 Å². The summed E-state index contributed by atoms with van der Waals surface area (Å²) in [6.45, 7) is 8.70. The van der Waals surface area contributed by atoms with E-state index in [-0.39, 0.29) is 0 Å². The zero-order valence-corrected chi connectivity index (χ0v) is 8.69. The lowest BCUT2D eigenvalue weighted by Crippen LogP contribution is -2.19. The molecule has 0 aromatic carbocycles. The molecule has 0 heteroatoms. The van der Waals surface area contributed by atoms with Crippen LogP contribution < -0.4 is 0 Å². The Kier molecular flexibility index (Phi) is 6.69. The third-order valence-corrected chi connectivity index (χ3v) is 2.70. The zero-order valence-electron chi connectivity index (χ0n) is 8.69. The van der Waals surface area contributed by atoms with Gasteiger partial charge in [-0.15, -0.1) is 0 Å². The van der Waals surface area contributed by atoms with Crippen LogP contribution in [0.25, 0.3) is 0 Å². The van der Waals surface area contributed by atoms with Gasteiger partial charge in [-0.25, -0.2) is 0 Å². The van der Waals surface area contributed by atoms with Gasteiger partial charge in [0.05, 0.1) is 0 Å². The fourth-order valence-electron chi connectivity index (χ4n) is 1.70. The van der Waals surface area contributed by atoms with Crippen molar-refractivity contribution in [3.05, 3.63) is 0 Å². The summed E-state index contributed by atoms with van der Waals surface area (Å²) in [5.41, 5.74) is 0. The fraction of sp³-hybridized carbons (Fsp3) is 1.00. The van der Waals surface area contributed by atoms with Gasteiger partial charge < -0.3 is 0 Å². The topological polar surface area (TPSA) is 0 Å². The molecule has 68 valence electrons. The second kappa shape index (κ2) is 6.69. The molecule has 0 amide bonds. The summed E-state index contributed by atoms with van der Waals surface area (Å²) in [5.74, 6) is 2.12. The third kappa shape index (κ3) is 3.79. The summed E-state index contributed by atoms with van der Waals surface area (Å²) in [4.78, 5) is 0. The summed E-state index contributed by atoms with van der Waals surface area (Å²) >= 11 is 0. The lowest BCUT2D eigenvalue weighted by Gasteiger charge is -2.31. The molecule has 0 heterocycles. The Bertz CT molecular complexity index is 72.1. The highest BCUT2D eigenvalue weighted by Gasteiger charge is 2.22. The second-order valence-electron chi connectivity index (χ2n) is 3.46. The molecular weight excluding hydrogens is 132 g/mol. The average molecular weight is 156 g/mol. The van der Waals surface area contributed by atoms with Crippen molar-refractivity contribution in [1.29, 1.82) is 0 Å². The molecule has 1 atom stereocenters. The van der Waals surface area contributed by atoms with Gasteiger partial charge in [0.15, 0.2) is 0 Å². The Hall–Kier alpha value is 0. The van der Waals surface area contributed by atoms with Crippen molar-refractivity contribution in [2.45, 2.75) is 59.8 Å². The zero-order chi connectivity index (χ0) is 8.69. The lowest BCUT2D eigenvalue weighted by molar-refractivity contribution is 0.209. The quantitative estimate of drug-likeness (QED) is 0.573. The van der Waals surface area contributed by atoms with Gasteiger partial charge >= 0.3 is 0 Å². The van der Waals surface area contributed by atoms with E-state index >= 15 is 0 Å². The van der Waals surface area contributed by atoms with Gasteiger partial charge in [0.1, 0.15) is 0 Å². The average Bonchev–Trinajstić information content (AvgIpc) is 1.89. The molecule has 1 rings (SSSR count). The first-order valence-corrected chi connectivity index (χ1v) is 5.34. The number of hydrogen-bond acceptors (Lipinski definition) is 0. The van der Waals surface area contributed by atoms with Gasteiger partial charge in [0.2, 0.25) is 0 Å². The molecule has 0 radical (unpaired) electrons. The molecule has 0 aromatic heterocycles. The van der Waals surface area contributed by atoms with Gasteiger partial charge in [-0.2, -0.15) is 0 Å². The van der Waals surface area contributed by atoms with E-state index in [1.807, 2.05) is 13.8 Å². The Labute approximate surface area is 72.4 Å². The predicted octanol–water partition coefficient (Wildman–Crippen LogP) is 4.25. The van der Waals surface area contributed by atoms with Crippen LogP contribution in [0.5, 0.6) is 0 Å². The molecule has 0 aliphatic heterocycles. The smallest absolute Gasteiger partial charge is 0.0388 e. The Morgan fingerprint density at radius 2 is 1.82 bits per heavy atom. The summed E-state index contributed by atoms with van der Waals surface area (Å²) in [6.07, 6.45) is 7.35.